The maximum atomic E-state index is 13.6. The van der Waals surface area contributed by atoms with E-state index in [2.05, 4.69) is 26.3 Å². The van der Waals surface area contributed by atoms with Gasteiger partial charge in [0.15, 0.2) is 5.76 Å². The normalized spacial score (nSPS) is 11.6. The molecule has 8 nitrogen and oxygen atoms in total. The van der Waals surface area contributed by atoms with Gasteiger partial charge in [-0.15, -0.1) is 0 Å². The van der Waals surface area contributed by atoms with Gasteiger partial charge in [0.2, 0.25) is 0 Å². The molecule has 6 aromatic rings. The van der Waals surface area contributed by atoms with E-state index in [4.69, 9.17) is 4.52 Å². The lowest BCUT2D eigenvalue weighted by Gasteiger charge is -2.15. The highest BCUT2D eigenvalue weighted by Crippen LogP contribution is 2.39. The maximum absolute atomic E-state index is 13.6. The maximum Gasteiger partial charge on any atom is 0.262 e. The lowest BCUT2D eigenvalue weighted by Crippen LogP contribution is -2.20. The summed E-state index contributed by atoms with van der Waals surface area (Å²) < 4.78 is 8.97. The summed E-state index contributed by atoms with van der Waals surface area (Å²) in [6.07, 6.45) is 5.50. The summed E-state index contributed by atoms with van der Waals surface area (Å²) in [6, 6.07) is 13.7. The number of hydrogen-bond acceptors (Lipinski definition) is 5. The Hall–Kier alpha value is -4.46. The molecule has 1 N–H and O–H groups in total. The molecule has 0 fully saturated rings. The summed E-state index contributed by atoms with van der Waals surface area (Å²) >= 11 is 0. The number of nitrogens with zero attached hydrogens (tertiary/aromatic N) is 5. The molecule has 0 radical (unpaired) electrons. The van der Waals surface area contributed by atoms with Crippen LogP contribution in [0.25, 0.3) is 55.6 Å². The quantitative estimate of drug-likeness (QED) is 0.442. The molecule has 0 unspecified atom stereocenters. The van der Waals surface area contributed by atoms with Crippen molar-refractivity contribution in [3.8, 4) is 33.7 Å². The summed E-state index contributed by atoms with van der Waals surface area (Å²) in [5.74, 6) is 0.446. The van der Waals surface area contributed by atoms with Gasteiger partial charge < -0.3 is 14.1 Å². The molecule has 0 aliphatic rings. The number of benzene rings is 1. The average molecular weight is 436 g/mol. The fourth-order valence-corrected chi connectivity index (χ4v) is 4.41. The fourth-order valence-electron chi connectivity index (χ4n) is 4.41. The molecule has 0 spiro atoms. The van der Waals surface area contributed by atoms with Gasteiger partial charge in [-0.1, -0.05) is 35.5 Å². The van der Waals surface area contributed by atoms with Crippen LogP contribution in [0.5, 0.6) is 0 Å². The highest BCUT2D eigenvalue weighted by molar-refractivity contribution is 6.15. The van der Waals surface area contributed by atoms with E-state index in [0.29, 0.717) is 17.0 Å². The molecule has 0 saturated heterocycles. The van der Waals surface area contributed by atoms with Gasteiger partial charge in [-0.05, 0) is 18.6 Å². The largest absolute Gasteiger partial charge is 0.356 e. The van der Waals surface area contributed by atoms with Crippen LogP contribution in [0.1, 0.15) is 5.69 Å². The van der Waals surface area contributed by atoms with Crippen molar-refractivity contribution >= 4 is 21.9 Å². The molecule has 1 aromatic carbocycles. The molecular weight excluding hydrogens is 416 g/mol. The van der Waals surface area contributed by atoms with E-state index in [1.54, 1.807) is 28.6 Å². The highest BCUT2D eigenvalue weighted by Gasteiger charge is 2.24. The van der Waals surface area contributed by atoms with Crippen molar-refractivity contribution < 1.29 is 4.52 Å². The second kappa shape index (κ2) is 7.03. The Labute approximate surface area is 188 Å². The number of fused-ring (bicyclic) bond motifs is 3. The fraction of sp³-hybridized carbons (Fsp3) is 0.120. The van der Waals surface area contributed by atoms with Crippen LogP contribution in [-0.4, -0.2) is 29.5 Å². The number of rotatable bonds is 3. The highest BCUT2D eigenvalue weighted by atomic mass is 16.5. The van der Waals surface area contributed by atoms with Crippen LogP contribution < -0.4 is 5.56 Å². The zero-order chi connectivity index (χ0) is 22.7. The van der Waals surface area contributed by atoms with Crippen molar-refractivity contribution in [1.29, 1.82) is 0 Å². The Morgan fingerprint density at radius 1 is 1.00 bits per heavy atom. The molecule has 0 bridgehead atoms. The van der Waals surface area contributed by atoms with Gasteiger partial charge in [-0.2, -0.15) is 5.10 Å². The Bertz CT molecular complexity index is 1720. The second-order valence-electron chi connectivity index (χ2n) is 8.18. The standard InChI is InChI=1S/C25H20N6O2/c1-14-9-20(33-29-14)23-21(15-7-5-4-6-8-15)22-17-10-18(16-11-27-30(2)13-16)28-24(17)26-12-19(22)31(3)25(23)32/h4-13H,1-3H3,(H,26,28). The lowest BCUT2D eigenvalue weighted by molar-refractivity contribution is 0.426. The van der Waals surface area contributed by atoms with E-state index >= 15 is 0 Å². The third-order valence-corrected chi connectivity index (χ3v) is 5.97. The Morgan fingerprint density at radius 2 is 1.82 bits per heavy atom. The topological polar surface area (TPSA) is 94.5 Å². The first-order chi connectivity index (χ1) is 16.0. The predicted molar refractivity (Wildman–Crippen MR) is 127 cm³/mol. The summed E-state index contributed by atoms with van der Waals surface area (Å²) in [5, 5.41) is 10.2. The molecule has 33 heavy (non-hydrogen) atoms. The molecule has 162 valence electrons. The lowest BCUT2D eigenvalue weighted by atomic mass is 9.93. The molecule has 0 amide bonds. The van der Waals surface area contributed by atoms with Crippen LogP contribution in [0.15, 0.2) is 70.4 Å². The molecule has 0 aliphatic carbocycles. The number of aryl methyl sites for hydroxylation is 3. The Kier molecular flexibility index (Phi) is 4.10. The third-order valence-electron chi connectivity index (χ3n) is 5.97. The average Bonchev–Trinajstić information content (AvgIpc) is 3.55. The van der Waals surface area contributed by atoms with Crippen LogP contribution in [0.3, 0.4) is 0 Å². The summed E-state index contributed by atoms with van der Waals surface area (Å²) in [5.41, 5.74) is 6.08. The molecule has 5 heterocycles. The zero-order valence-corrected chi connectivity index (χ0v) is 18.3. The smallest absolute Gasteiger partial charge is 0.262 e. The molecule has 8 heteroatoms. The first-order valence-corrected chi connectivity index (χ1v) is 10.5. The number of aromatic amines is 1. The van der Waals surface area contributed by atoms with E-state index < -0.39 is 0 Å². The SMILES string of the molecule is Cc1cc(-c2c(-c3ccccc3)c3c4cc(-c5cnn(C)c5)[nH]c4ncc3n(C)c2=O)on1. The van der Waals surface area contributed by atoms with E-state index in [-0.39, 0.29) is 5.56 Å². The predicted octanol–water partition coefficient (Wildman–Crippen LogP) is 4.45. The first kappa shape index (κ1) is 19.2. The van der Waals surface area contributed by atoms with Crippen LogP contribution in [-0.2, 0) is 14.1 Å². The van der Waals surface area contributed by atoms with Gasteiger partial charge in [0, 0.05) is 48.3 Å². The van der Waals surface area contributed by atoms with E-state index in [0.717, 1.165) is 44.3 Å². The van der Waals surface area contributed by atoms with Crippen molar-refractivity contribution in [2.45, 2.75) is 6.92 Å². The Balaban J connectivity index is 1.80. The van der Waals surface area contributed by atoms with Crippen LogP contribution >= 0.6 is 0 Å². The van der Waals surface area contributed by atoms with E-state index in [1.165, 1.54) is 0 Å². The van der Waals surface area contributed by atoms with Gasteiger partial charge in [0.1, 0.15) is 5.65 Å². The number of aromatic nitrogens is 6. The molecule has 0 aliphatic heterocycles. The second-order valence-corrected chi connectivity index (χ2v) is 8.18. The monoisotopic (exact) mass is 436 g/mol. The number of H-pyrrole nitrogens is 1. The van der Waals surface area contributed by atoms with Crippen LogP contribution in [0.2, 0.25) is 0 Å². The third kappa shape index (κ3) is 2.91. The molecule has 0 atom stereocenters. The minimum Gasteiger partial charge on any atom is -0.356 e. The Morgan fingerprint density at radius 3 is 2.52 bits per heavy atom. The summed E-state index contributed by atoms with van der Waals surface area (Å²) in [7, 11) is 3.64. The van der Waals surface area contributed by atoms with Gasteiger partial charge in [0.05, 0.1) is 34.9 Å². The molecule has 6 rings (SSSR count). The van der Waals surface area contributed by atoms with Gasteiger partial charge in [-0.3, -0.25) is 9.48 Å². The van der Waals surface area contributed by atoms with Crippen molar-refractivity contribution in [2.75, 3.05) is 0 Å². The minimum absolute atomic E-state index is 0.165. The number of hydrogen-bond donors (Lipinski definition) is 1. The van der Waals surface area contributed by atoms with Crippen molar-refractivity contribution in [2.24, 2.45) is 14.1 Å². The van der Waals surface area contributed by atoms with Crippen molar-refractivity contribution in [1.82, 2.24) is 29.5 Å². The number of nitrogens with one attached hydrogen (secondary N) is 1. The van der Waals surface area contributed by atoms with Gasteiger partial charge >= 0.3 is 0 Å². The summed E-state index contributed by atoms with van der Waals surface area (Å²) in [6.45, 7) is 1.84. The van der Waals surface area contributed by atoms with Crippen LogP contribution in [0.4, 0.5) is 0 Å². The van der Waals surface area contributed by atoms with Gasteiger partial charge in [-0.25, -0.2) is 4.98 Å². The van der Waals surface area contributed by atoms with Crippen LogP contribution in [0, 0.1) is 6.92 Å². The van der Waals surface area contributed by atoms with Crippen molar-refractivity contribution in [3.05, 3.63) is 77.1 Å². The van der Waals surface area contributed by atoms with E-state index in [9.17, 15) is 4.79 Å². The number of pyridine rings is 2. The molecule has 5 aromatic heterocycles. The van der Waals surface area contributed by atoms with Gasteiger partial charge in [0.25, 0.3) is 5.56 Å². The van der Waals surface area contributed by atoms with E-state index in [1.807, 2.05) is 56.7 Å². The first-order valence-electron chi connectivity index (χ1n) is 10.5. The van der Waals surface area contributed by atoms with Crippen molar-refractivity contribution in [3.63, 3.8) is 0 Å². The zero-order valence-electron chi connectivity index (χ0n) is 18.3. The summed E-state index contributed by atoms with van der Waals surface area (Å²) in [4.78, 5) is 21.6. The minimum atomic E-state index is -0.165. The molecule has 0 saturated carbocycles. The molecular formula is C25H20N6O2.